The van der Waals surface area contributed by atoms with Crippen molar-refractivity contribution in [2.24, 2.45) is 0 Å². The van der Waals surface area contributed by atoms with Crippen molar-refractivity contribution in [3.8, 4) is 28.7 Å². The number of phosphoric acid groups is 1. The van der Waals surface area contributed by atoms with Crippen molar-refractivity contribution in [2.75, 3.05) is 28.4 Å². The molecule has 0 aromatic heterocycles. The molecular formula is C24H30O8P-. The van der Waals surface area contributed by atoms with E-state index in [9.17, 15) is 9.46 Å². The zero-order chi connectivity index (χ0) is 23.8. The van der Waals surface area contributed by atoms with E-state index in [1.54, 1.807) is 39.5 Å². The highest BCUT2D eigenvalue weighted by Gasteiger charge is 2.23. The summed E-state index contributed by atoms with van der Waals surface area (Å²) in [5, 5.41) is 0. The molecule has 1 saturated carbocycles. The van der Waals surface area contributed by atoms with Crippen molar-refractivity contribution in [1.29, 1.82) is 0 Å². The molecule has 0 N–H and O–H groups in total. The fraction of sp³-hybridized carbons (Fsp3) is 0.417. The molecule has 1 atom stereocenters. The van der Waals surface area contributed by atoms with Gasteiger partial charge in [-0.3, -0.25) is 4.57 Å². The summed E-state index contributed by atoms with van der Waals surface area (Å²) in [6, 6.07) is 8.64. The van der Waals surface area contributed by atoms with Crippen LogP contribution < -0.4 is 28.4 Å². The van der Waals surface area contributed by atoms with Crippen LogP contribution in [0.3, 0.4) is 0 Å². The fourth-order valence-corrected chi connectivity index (χ4v) is 4.76. The van der Waals surface area contributed by atoms with Gasteiger partial charge in [-0.1, -0.05) is 37.5 Å². The van der Waals surface area contributed by atoms with Crippen LogP contribution in [0.4, 0.5) is 0 Å². The SMILES string of the molecule is COc1ccc(/C=C\c2cc(OC)c(OC)c(OC)c2)cc1OP(=O)([O-])OC1CCCCC1. The first kappa shape index (κ1) is 25.0. The molecule has 0 bridgehead atoms. The maximum absolute atomic E-state index is 12.5. The molecule has 0 aliphatic heterocycles. The first-order valence-electron chi connectivity index (χ1n) is 10.7. The summed E-state index contributed by atoms with van der Waals surface area (Å²) in [5.74, 6) is 1.92. The summed E-state index contributed by atoms with van der Waals surface area (Å²) in [7, 11) is 1.54. The van der Waals surface area contributed by atoms with E-state index in [0.717, 1.165) is 24.8 Å². The predicted octanol–water partition coefficient (Wildman–Crippen LogP) is 5.09. The summed E-state index contributed by atoms with van der Waals surface area (Å²) in [6.45, 7) is 0. The van der Waals surface area contributed by atoms with Crippen molar-refractivity contribution in [2.45, 2.75) is 38.2 Å². The van der Waals surface area contributed by atoms with E-state index in [-0.39, 0.29) is 11.9 Å². The lowest BCUT2D eigenvalue weighted by Gasteiger charge is -2.30. The number of ether oxygens (including phenoxy) is 4. The van der Waals surface area contributed by atoms with Crippen LogP contribution in [0.15, 0.2) is 30.3 Å². The monoisotopic (exact) mass is 477 g/mol. The maximum Gasteiger partial charge on any atom is 0.320 e. The number of methoxy groups -OCH3 is 4. The van der Waals surface area contributed by atoms with Crippen LogP contribution in [-0.2, 0) is 9.09 Å². The second kappa shape index (κ2) is 11.5. The normalized spacial score (nSPS) is 16.3. The average molecular weight is 477 g/mol. The number of rotatable bonds is 10. The molecule has 9 heteroatoms. The molecule has 0 saturated heterocycles. The number of hydrogen-bond donors (Lipinski definition) is 0. The lowest BCUT2D eigenvalue weighted by molar-refractivity contribution is -0.222. The summed E-state index contributed by atoms with van der Waals surface area (Å²) in [5.41, 5.74) is 1.51. The van der Waals surface area contributed by atoms with Crippen LogP contribution in [0.5, 0.6) is 28.7 Å². The van der Waals surface area contributed by atoms with Gasteiger partial charge in [0.1, 0.15) is 0 Å². The topological polar surface area (TPSA) is 95.5 Å². The minimum Gasteiger partial charge on any atom is -0.746 e. The van der Waals surface area contributed by atoms with Gasteiger partial charge in [0.25, 0.3) is 0 Å². The standard InChI is InChI=1S/C24H31O8P/c1-27-20-13-12-17(10-11-18-15-22(28-2)24(30-4)23(16-18)29-3)14-21(20)32-33(25,26)31-19-8-6-5-7-9-19/h10-16,19H,5-9H2,1-4H3,(H,25,26)/p-1/b11-10-. The Kier molecular flexibility index (Phi) is 8.67. The van der Waals surface area contributed by atoms with Gasteiger partial charge < -0.3 is 32.9 Å². The van der Waals surface area contributed by atoms with Crippen LogP contribution in [0.1, 0.15) is 43.2 Å². The third-order valence-electron chi connectivity index (χ3n) is 5.38. The van der Waals surface area contributed by atoms with Crippen LogP contribution >= 0.6 is 7.82 Å². The average Bonchev–Trinajstić information content (AvgIpc) is 2.82. The van der Waals surface area contributed by atoms with Crippen LogP contribution in [0.2, 0.25) is 0 Å². The summed E-state index contributed by atoms with van der Waals surface area (Å²) >= 11 is 0. The Bertz CT molecular complexity index is 989. The largest absolute Gasteiger partial charge is 0.746 e. The molecule has 0 amide bonds. The highest BCUT2D eigenvalue weighted by Crippen LogP contribution is 2.46. The van der Waals surface area contributed by atoms with Crippen molar-refractivity contribution in [3.05, 3.63) is 41.5 Å². The summed E-state index contributed by atoms with van der Waals surface area (Å²) in [4.78, 5) is 12.5. The molecule has 0 spiro atoms. The minimum absolute atomic E-state index is 0.0682. The smallest absolute Gasteiger partial charge is 0.320 e. The highest BCUT2D eigenvalue weighted by atomic mass is 31.2. The quantitative estimate of drug-likeness (QED) is 0.345. The van der Waals surface area contributed by atoms with E-state index in [4.69, 9.17) is 28.0 Å². The van der Waals surface area contributed by atoms with Gasteiger partial charge in [-0.2, -0.15) is 0 Å². The predicted molar refractivity (Wildman–Crippen MR) is 124 cm³/mol. The summed E-state index contributed by atoms with van der Waals surface area (Å²) in [6.07, 6.45) is 7.74. The first-order chi connectivity index (χ1) is 15.9. The van der Waals surface area contributed by atoms with Crippen LogP contribution in [-0.4, -0.2) is 34.5 Å². The second-order valence-corrected chi connectivity index (χ2v) is 8.89. The highest BCUT2D eigenvalue weighted by molar-refractivity contribution is 7.46. The fourth-order valence-electron chi connectivity index (χ4n) is 3.75. The molecule has 1 fully saturated rings. The third-order valence-corrected chi connectivity index (χ3v) is 6.36. The van der Waals surface area contributed by atoms with E-state index in [1.165, 1.54) is 7.11 Å². The molecule has 8 nitrogen and oxygen atoms in total. The van der Waals surface area contributed by atoms with Gasteiger partial charge in [0, 0.05) is 0 Å². The molecule has 1 unspecified atom stereocenters. The molecule has 0 heterocycles. The van der Waals surface area contributed by atoms with Gasteiger partial charge in [0.15, 0.2) is 23.0 Å². The van der Waals surface area contributed by atoms with E-state index in [0.29, 0.717) is 41.4 Å². The van der Waals surface area contributed by atoms with Crippen LogP contribution in [0.25, 0.3) is 12.2 Å². The van der Waals surface area contributed by atoms with Gasteiger partial charge in [-0.15, -0.1) is 0 Å². The molecule has 33 heavy (non-hydrogen) atoms. The molecular weight excluding hydrogens is 447 g/mol. The Morgan fingerprint density at radius 1 is 0.788 bits per heavy atom. The van der Waals surface area contributed by atoms with E-state index in [2.05, 4.69) is 0 Å². The third kappa shape index (κ3) is 6.67. The Balaban J connectivity index is 1.82. The number of hydrogen-bond acceptors (Lipinski definition) is 8. The zero-order valence-corrected chi connectivity index (χ0v) is 20.3. The molecule has 3 rings (SSSR count). The number of phosphoric ester groups is 1. The van der Waals surface area contributed by atoms with Gasteiger partial charge in [-0.05, 0) is 48.2 Å². The van der Waals surface area contributed by atoms with Gasteiger partial charge in [0.05, 0.1) is 34.5 Å². The van der Waals surface area contributed by atoms with Crippen LogP contribution in [0, 0.1) is 0 Å². The van der Waals surface area contributed by atoms with Crippen molar-refractivity contribution in [3.63, 3.8) is 0 Å². The molecule has 2 aromatic rings. The molecule has 180 valence electrons. The Hall–Kier alpha value is -2.67. The maximum atomic E-state index is 12.5. The lowest BCUT2D eigenvalue weighted by Crippen LogP contribution is -2.21. The minimum atomic E-state index is -4.55. The van der Waals surface area contributed by atoms with E-state index >= 15 is 0 Å². The zero-order valence-electron chi connectivity index (χ0n) is 19.4. The Morgan fingerprint density at radius 3 is 1.94 bits per heavy atom. The molecule has 1 aliphatic carbocycles. The molecule has 1 aliphatic rings. The van der Waals surface area contributed by atoms with Gasteiger partial charge in [-0.25, -0.2) is 0 Å². The molecule has 0 radical (unpaired) electrons. The van der Waals surface area contributed by atoms with E-state index in [1.807, 2.05) is 24.3 Å². The Morgan fingerprint density at radius 2 is 1.36 bits per heavy atom. The van der Waals surface area contributed by atoms with Crippen molar-refractivity contribution >= 4 is 20.0 Å². The van der Waals surface area contributed by atoms with Crippen molar-refractivity contribution < 1.29 is 37.5 Å². The molecule has 2 aromatic carbocycles. The van der Waals surface area contributed by atoms with Gasteiger partial charge >= 0.3 is 7.82 Å². The second-order valence-electron chi connectivity index (χ2n) is 7.61. The first-order valence-corrected chi connectivity index (χ1v) is 12.2. The summed E-state index contributed by atoms with van der Waals surface area (Å²) < 4.78 is 44.5. The van der Waals surface area contributed by atoms with E-state index < -0.39 is 7.82 Å². The van der Waals surface area contributed by atoms with Crippen molar-refractivity contribution in [1.82, 2.24) is 0 Å². The van der Waals surface area contributed by atoms with Gasteiger partial charge in [0.2, 0.25) is 5.75 Å². The lowest BCUT2D eigenvalue weighted by atomic mass is 9.98. The number of benzene rings is 2. The Labute approximate surface area is 194 Å².